The summed E-state index contributed by atoms with van der Waals surface area (Å²) in [6.07, 6.45) is 0.916. The Morgan fingerprint density at radius 3 is 2.76 bits per heavy atom. The highest BCUT2D eigenvalue weighted by molar-refractivity contribution is 5.73. The molecule has 2 heterocycles. The average Bonchev–Trinajstić information content (AvgIpc) is 2.85. The number of nitrogens with zero attached hydrogens (tertiary/aromatic N) is 2. The minimum absolute atomic E-state index is 0.0132. The number of rotatable bonds is 3. The van der Waals surface area contributed by atoms with Crippen molar-refractivity contribution < 1.29 is 9.90 Å². The topological polar surface area (TPSA) is 43.8 Å². The van der Waals surface area contributed by atoms with Crippen LogP contribution in [0, 0.1) is 11.3 Å². The first-order valence-corrected chi connectivity index (χ1v) is 7.76. The third kappa shape index (κ3) is 2.83. The largest absolute Gasteiger partial charge is 0.396 e. The van der Waals surface area contributed by atoms with Crippen molar-refractivity contribution in [2.24, 2.45) is 11.3 Å². The summed E-state index contributed by atoms with van der Waals surface area (Å²) in [5.74, 6) is 0.548. The second kappa shape index (κ2) is 5.78. The summed E-state index contributed by atoms with van der Waals surface area (Å²) in [6.45, 7) is 6.29. The smallest absolute Gasteiger partial charge is 0.219 e. The molecule has 21 heavy (non-hydrogen) atoms. The van der Waals surface area contributed by atoms with E-state index in [0.29, 0.717) is 5.92 Å². The normalized spacial score (nSPS) is 29.4. The lowest BCUT2D eigenvalue weighted by Gasteiger charge is -2.42. The van der Waals surface area contributed by atoms with Gasteiger partial charge in [-0.05, 0) is 17.9 Å². The van der Waals surface area contributed by atoms with Crippen LogP contribution in [-0.2, 0) is 11.3 Å². The van der Waals surface area contributed by atoms with Crippen molar-refractivity contribution in [2.75, 3.05) is 32.8 Å². The first-order chi connectivity index (χ1) is 10.1. The fraction of sp³-hybridized carbons (Fsp3) is 0.588. The quantitative estimate of drug-likeness (QED) is 0.913. The maximum atomic E-state index is 11.6. The minimum Gasteiger partial charge on any atom is -0.396 e. The van der Waals surface area contributed by atoms with Gasteiger partial charge in [0.1, 0.15) is 0 Å². The molecule has 2 atom stereocenters. The number of hydrogen-bond donors (Lipinski definition) is 1. The Kier molecular flexibility index (Phi) is 4.00. The Morgan fingerprint density at radius 1 is 1.33 bits per heavy atom. The molecule has 4 nitrogen and oxygen atoms in total. The molecule has 1 aromatic carbocycles. The summed E-state index contributed by atoms with van der Waals surface area (Å²) >= 11 is 0. The molecule has 1 aromatic rings. The highest BCUT2D eigenvalue weighted by Gasteiger charge is 2.49. The van der Waals surface area contributed by atoms with Crippen molar-refractivity contribution in [3.8, 4) is 0 Å². The summed E-state index contributed by atoms with van der Waals surface area (Å²) < 4.78 is 0. The summed E-state index contributed by atoms with van der Waals surface area (Å²) in [6, 6.07) is 10.5. The van der Waals surface area contributed by atoms with Crippen molar-refractivity contribution in [1.29, 1.82) is 0 Å². The van der Waals surface area contributed by atoms with E-state index in [0.717, 1.165) is 39.1 Å². The van der Waals surface area contributed by atoms with Crippen LogP contribution in [-0.4, -0.2) is 53.6 Å². The van der Waals surface area contributed by atoms with Crippen LogP contribution in [0.5, 0.6) is 0 Å². The number of fused-ring (bicyclic) bond motifs is 1. The molecule has 114 valence electrons. The van der Waals surface area contributed by atoms with Crippen LogP contribution in [0.25, 0.3) is 0 Å². The zero-order valence-corrected chi connectivity index (χ0v) is 12.7. The second-order valence-corrected chi connectivity index (χ2v) is 6.59. The lowest BCUT2D eigenvalue weighted by molar-refractivity contribution is -0.133. The molecule has 2 fully saturated rings. The fourth-order valence-corrected chi connectivity index (χ4v) is 3.90. The van der Waals surface area contributed by atoms with Gasteiger partial charge in [0.25, 0.3) is 0 Å². The Morgan fingerprint density at radius 2 is 2.10 bits per heavy atom. The van der Waals surface area contributed by atoms with Gasteiger partial charge in [0.15, 0.2) is 0 Å². The molecule has 4 heteroatoms. The number of hydrogen-bond acceptors (Lipinski definition) is 3. The Hall–Kier alpha value is -1.39. The minimum atomic E-state index is -0.0132. The van der Waals surface area contributed by atoms with Gasteiger partial charge in [0, 0.05) is 45.1 Å². The number of carbonyl (C=O) groups is 1. The van der Waals surface area contributed by atoms with E-state index < -0.39 is 0 Å². The standard InChI is InChI=1S/C17H24N2O2/c1-14(21)19-8-7-17(13-20)12-18(10-16(17)11-19)9-15-5-3-2-4-6-15/h2-6,16,20H,7-13H2,1H3. The molecule has 2 unspecified atom stereocenters. The van der Waals surface area contributed by atoms with E-state index >= 15 is 0 Å². The van der Waals surface area contributed by atoms with Gasteiger partial charge in [0.05, 0.1) is 6.61 Å². The van der Waals surface area contributed by atoms with Gasteiger partial charge >= 0.3 is 0 Å². The van der Waals surface area contributed by atoms with E-state index in [9.17, 15) is 9.90 Å². The predicted octanol–water partition coefficient (Wildman–Crippen LogP) is 1.35. The summed E-state index contributed by atoms with van der Waals surface area (Å²) in [5.41, 5.74) is 1.30. The molecule has 0 aromatic heterocycles. The number of benzene rings is 1. The van der Waals surface area contributed by atoms with Crippen molar-refractivity contribution in [2.45, 2.75) is 19.9 Å². The number of amides is 1. The summed E-state index contributed by atoms with van der Waals surface area (Å²) in [4.78, 5) is 16.0. The van der Waals surface area contributed by atoms with E-state index in [2.05, 4.69) is 29.2 Å². The first kappa shape index (κ1) is 14.5. The van der Waals surface area contributed by atoms with Crippen molar-refractivity contribution >= 4 is 5.91 Å². The first-order valence-electron chi connectivity index (χ1n) is 7.76. The maximum absolute atomic E-state index is 11.6. The zero-order chi connectivity index (χ0) is 14.9. The van der Waals surface area contributed by atoms with Crippen LogP contribution in [0.2, 0.25) is 0 Å². The Balaban J connectivity index is 1.70. The van der Waals surface area contributed by atoms with Gasteiger partial charge in [-0.15, -0.1) is 0 Å². The number of aliphatic hydroxyl groups excluding tert-OH is 1. The van der Waals surface area contributed by atoms with Crippen LogP contribution in [0.4, 0.5) is 0 Å². The fourth-order valence-electron chi connectivity index (χ4n) is 3.90. The molecule has 2 saturated heterocycles. The van der Waals surface area contributed by atoms with Crippen molar-refractivity contribution in [1.82, 2.24) is 9.80 Å². The lowest BCUT2D eigenvalue weighted by Crippen LogP contribution is -2.50. The van der Waals surface area contributed by atoms with Gasteiger partial charge in [-0.1, -0.05) is 30.3 Å². The molecule has 0 saturated carbocycles. The van der Waals surface area contributed by atoms with E-state index in [-0.39, 0.29) is 17.9 Å². The summed E-state index contributed by atoms with van der Waals surface area (Å²) in [5, 5.41) is 9.93. The van der Waals surface area contributed by atoms with Crippen LogP contribution in [0.3, 0.4) is 0 Å². The summed E-state index contributed by atoms with van der Waals surface area (Å²) in [7, 11) is 0. The Bertz CT molecular complexity index is 505. The highest BCUT2D eigenvalue weighted by Crippen LogP contribution is 2.42. The maximum Gasteiger partial charge on any atom is 0.219 e. The molecular weight excluding hydrogens is 264 g/mol. The van der Waals surface area contributed by atoms with Gasteiger partial charge in [-0.2, -0.15) is 0 Å². The SMILES string of the molecule is CC(=O)N1CCC2(CO)CN(Cc3ccccc3)CC2C1. The lowest BCUT2D eigenvalue weighted by atomic mass is 9.73. The van der Waals surface area contributed by atoms with E-state index in [1.807, 2.05) is 11.0 Å². The van der Waals surface area contributed by atoms with E-state index in [4.69, 9.17) is 0 Å². The van der Waals surface area contributed by atoms with Gasteiger partial charge in [-0.3, -0.25) is 9.69 Å². The van der Waals surface area contributed by atoms with Gasteiger partial charge in [0.2, 0.25) is 5.91 Å². The Labute approximate surface area is 126 Å². The third-order valence-corrected chi connectivity index (χ3v) is 5.21. The number of aliphatic hydroxyl groups is 1. The van der Waals surface area contributed by atoms with Crippen LogP contribution in [0.1, 0.15) is 18.9 Å². The predicted molar refractivity (Wildman–Crippen MR) is 81.6 cm³/mol. The van der Waals surface area contributed by atoms with Crippen LogP contribution >= 0.6 is 0 Å². The monoisotopic (exact) mass is 288 g/mol. The molecule has 1 amide bonds. The highest BCUT2D eigenvalue weighted by atomic mass is 16.3. The molecule has 0 spiro atoms. The average molecular weight is 288 g/mol. The molecule has 2 aliphatic heterocycles. The third-order valence-electron chi connectivity index (χ3n) is 5.21. The van der Waals surface area contributed by atoms with E-state index in [1.165, 1.54) is 5.56 Å². The van der Waals surface area contributed by atoms with Gasteiger partial charge in [-0.25, -0.2) is 0 Å². The van der Waals surface area contributed by atoms with Crippen LogP contribution in [0.15, 0.2) is 30.3 Å². The number of likely N-dealkylation sites (tertiary alicyclic amines) is 2. The molecule has 2 aliphatic rings. The van der Waals surface area contributed by atoms with Gasteiger partial charge < -0.3 is 10.0 Å². The van der Waals surface area contributed by atoms with Crippen molar-refractivity contribution in [3.63, 3.8) is 0 Å². The zero-order valence-electron chi connectivity index (χ0n) is 12.7. The molecule has 0 aliphatic carbocycles. The van der Waals surface area contributed by atoms with E-state index in [1.54, 1.807) is 6.92 Å². The number of carbonyl (C=O) groups excluding carboxylic acids is 1. The second-order valence-electron chi connectivity index (χ2n) is 6.59. The molecular formula is C17H24N2O2. The molecule has 0 radical (unpaired) electrons. The van der Waals surface area contributed by atoms with Crippen LogP contribution < -0.4 is 0 Å². The molecule has 0 bridgehead atoms. The van der Waals surface area contributed by atoms with Crippen molar-refractivity contribution in [3.05, 3.63) is 35.9 Å². The molecule has 3 rings (SSSR count). The molecule has 1 N–H and O–H groups in total. The number of piperidine rings is 1.